The molecule has 0 bridgehead atoms. The Balaban J connectivity index is 1.68. The van der Waals surface area contributed by atoms with E-state index in [0.717, 1.165) is 5.56 Å². The number of benzene rings is 2. The summed E-state index contributed by atoms with van der Waals surface area (Å²) in [5.74, 6) is -0.986. The van der Waals surface area contributed by atoms with Gasteiger partial charge in [-0.25, -0.2) is 4.79 Å². The minimum atomic E-state index is -0.975. The maximum Gasteiger partial charge on any atom is 0.335 e. The molecular weight excluding hydrogens is 366 g/mol. The van der Waals surface area contributed by atoms with Crippen LogP contribution in [0.5, 0.6) is 0 Å². The van der Waals surface area contributed by atoms with Gasteiger partial charge in [-0.1, -0.05) is 48.0 Å². The zero-order chi connectivity index (χ0) is 19.4. The minimum absolute atomic E-state index is 0.0111. The smallest absolute Gasteiger partial charge is 0.335 e. The quantitative estimate of drug-likeness (QED) is 0.843. The lowest BCUT2D eigenvalue weighted by molar-refractivity contribution is -0.144. The molecular formula is C21H22ClNO4. The van der Waals surface area contributed by atoms with E-state index in [9.17, 15) is 14.7 Å². The molecule has 1 fully saturated rings. The van der Waals surface area contributed by atoms with Gasteiger partial charge in [0, 0.05) is 17.0 Å². The van der Waals surface area contributed by atoms with Crippen LogP contribution < -0.4 is 0 Å². The molecule has 1 N–H and O–H groups in total. The maximum absolute atomic E-state index is 12.8. The van der Waals surface area contributed by atoms with Gasteiger partial charge in [-0.3, -0.25) is 4.79 Å². The molecule has 6 heteroatoms. The van der Waals surface area contributed by atoms with Crippen molar-refractivity contribution in [1.82, 2.24) is 4.90 Å². The Morgan fingerprint density at radius 1 is 1.19 bits per heavy atom. The number of morpholine rings is 1. The summed E-state index contributed by atoms with van der Waals surface area (Å²) in [6, 6.07) is 14.2. The van der Waals surface area contributed by atoms with Gasteiger partial charge in [-0.2, -0.15) is 0 Å². The highest BCUT2D eigenvalue weighted by Crippen LogP contribution is 2.30. The summed E-state index contributed by atoms with van der Waals surface area (Å²) in [7, 11) is 0. The number of ether oxygens (including phenoxy) is 1. The van der Waals surface area contributed by atoms with Gasteiger partial charge in [-0.15, -0.1) is 0 Å². The standard InChI is InChI=1S/C21H22ClNO4/c1-14-13-27-19(17-8-4-5-9-18(17)22)12-23(14)20(24)11-10-15-6-2-3-7-16(15)21(25)26/h2-9,14,19H,10-13H2,1H3,(H,25,26). The second kappa shape index (κ2) is 8.55. The van der Waals surface area contributed by atoms with E-state index < -0.39 is 5.97 Å². The van der Waals surface area contributed by atoms with Crippen LogP contribution in [-0.2, 0) is 16.0 Å². The normalized spacial score (nSPS) is 19.7. The highest BCUT2D eigenvalue weighted by atomic mass is 35.5. The lowest BCUT2D eigenvalue weighted by Gasteiger charge is -2.38. The van der Waals surface area contributed by atoms with Crippen molar-refractivity contribution in [2.45, 2.75) is 31.9 Å². The van der Waals surface area contributed by atoms with Crippen LogP contribution in [0, 0.1) is 0 Å². The molecule has 2 atom stereocenters. The lowest BCUT2D eigenvalue weighted by Crippen LogP contribution is -2.48. The predicted molar refractivity (Wildman–Crippen MR) is 103 cm³/mol. The molecule has 27 heavy (non-hydrogen) atoms. The first-order valence-corrected chi connectivity index (χ1v) is 9.32. The van der Waals surface area contributed by atoms with Gasteiger partial charge < -0.3 is 14.7 Å². The van der Waals surface area contributed by atoms with E-state index in [4.69, 9.17) is 16.3 Å². The molecule has 1 saturated heterocycles. The number of carbonyl (C=O) groups is 2. The second-order valence-corrected chi connectivity index (χ2v) is 7.11. The maximum atomic E-state index is 12.8. The fraction of sp³-hybridized carbons (Fsp3) is 0.333. The largest absolute Gasteiger partial charge is 0.478 e. The summed E-state index contributed by atoms with van der Waals surface area (Å²) < 4.78 is 5.89. The number of amides is 1. The third kappa shape index (κ3) is 4.49. The van der Waals surface area contributed by atoms with E-state index in [-0.39, 0.29) is 30.0 Å². The van der Waals surface area contributed by atoms with Gasteiger partial charge >= 0.3 is 5.97 Å². The molecule has 2 unspecified atom stereocenters. The Kier molecular flexibility index (Phi) is 6.14. The third-order valence-corrected chi connectivity index (χ3v) is 5.21. The zero-order valence-corrected chi connectivity index (χ0v) is 15.9. The van der Waals surface area contributed by atoms with Gasteiger partial charge in [-0.05, 0) is 31.0 Å². The van der Waals surface area contributed by atoms with Crippen molar-refractivity contribution in [3.8, 4) is 0 Å². The molecule has 5 nitrogen and oxygen atoms in total. The van der Waals surface area contributed by atoms with Crippen LogP contribution in [0.2, 0.25) is 5.02 Å². The number of halogens is 1. The van der Waals surface area contributed by atoms with Crippen molar-refractivity contribution < 1.29 is 19.4 Å². The van der Waals surface area contributed by atoms with Crippen LogP contribution >= 0.6 is 11.6 Å². The molecule has 1 heterocycles. The first kappa shape index (κ1) is 19.4. The molecule has 1 aliphatic rings. The van der Waals surface area contributed by atoms with Crippen LogP contribution in [0.25, 0.3) is 0 Å². The summed E-state index contributed by atoms with van der Waals surface area (Å²) in [4.78, 5) is 25.9. The average Bonchev–Trinajstić information content (AvgIpc) is 2.67. The van der Waals surface area contributed by atoms with Crippen molar-refractivity contribution in [1.29, 1.82) is 0 Å². The number of aryl methyl sites for hydroxylation is 1. The molecule has 0 spiro atoms. The molecule has 1 aliphatic heterocycles. The Morgan fingerprint density at radius 3 is 2.63 bits per heavy atom. The van der Waals surface area contributed by atoms with Crippen LogP contribution in [-0.4, -0.2) is 41.1 Å². The number of hydrogen-bond acceptors (Lipinski definition) is 3. The van der Waals surface area contributed by atoms with Crippen molar-refractivity contribution in [2.75, 3.05) is 13.2 Å². The second-order valence-electron chi connectivity index (χ2n) is 6.70. The number of aromatic carboxylic acids is 1. The molecule has 0 aromatic heterocycles. The van der Waals surface area contributed by atoms with E-state index in [1.54, 1.807) is 29.2 Å². The number of carbonyl (C=O) groups excluding carboxylic acids is 1. The van der Waals surface area contributed by atoms with E-state index in [0.29, 0.717) is 30.2 Å². The van der Waals surface area contributed by atoms with Crippen LogP contribution in [0.3, 0.4) is 0 Å². The van der Waals surface area contributed by atoms with Gasteiger partial charge in [0.15, 0.2) is 0 Å². The Hall–Kier alpha value is -2.37. The fourth-order valence-electron chi connectivity index (χ4n) is 3.36. The van der Waals surface area contributed by atoms with Gasteiger partial charge in [0.25, 0.3) is 0 Å². The number of nitrogens with zero attached hydrogens (tertiary/aromatic N) is 1. The molecule has 2 aromatic carbocycles. The van der Waals surface area contributed by atoms with E-state index in [2.05, 4.69) is 0 Å². The zero-order valence-electron chi connectivity index (χ0n) is 15.1. The highest BCUT2D eigenvalue weighted by Gasteiger charge is 2.31. The fourth-order valence-corrected chi connectivity index (χ4v) is 3.62. The molecule has 1 amide bonds. The Morgan fingerprint density at radius 2 is 1.89 bits per heavy atom. The van der Waals surface area contributed by atoms with Gasteiger partial charge in [0.05, 0.1) is 24.8 Å². The molecule has 0 radical (unpaired) electrons. The number of hydrogen-bond donors (Lipinski definition) is 1. The lowest BCUT2D eigenvalue weighted by atomic mass is 10.0. The summed E-state index contributed by atoms with van der Waals surface area (Å²) in [6.07, 6.45) is 0.386. The average molecular weight is 388 g/mol. The topological polar surface area (TPSA) is 66.8 Å². The first-order valence-electron chi connectivity index (χ1n) is 8.94. The third-order valence-electron chi connectivity index (χ3n) is 4.86. The summed E-state index contributed by atoms with van der Waals surface area (Å²) in [6.45, 7) is 2.82. The van der Waals surface area contributed by atoms with E-state index >= 15 is 0 Å². The van der Waals surface area contributed by atoms with Gasteiger partial charge in [0.2, 0.25) is 5.91 Å². The van der Waals surface area contributed by atoms with Gasteiger partial charge in [0.1, 0.15) is 6.10 Å². The van der Waals surface area contributed by atoms with Crippen LogP contribution in [0.15, 0.2) is 48.5 Å². The monoisotopic (exact) mass is 387 g/mol. The number of carboxylic acids is 1. The van der Waals surface area contributed by atoms with E-state index in [1.165, 1.54) is 0 Å². The molecule has 142 valence electrons. The molecule has 3 rings (SSSR count). The van der Waals surface area contributed by atoms with Crippen molar-refractivity contribution in [3.05, 3.63) is 70.2 Å². The summed E-state index contributed by atoms with van der Waals surface area (Å²) in [5, 5.41) is 9.91. The van der Waals surface area contributed by atoms with Crippen LogP contribution in [0.4, 0.5) is 0 Å². The highest BCUT2D eigenvalue weighted by molar-refractivity contribution is 6.31. The summed E-state index contributed by atoms with van der Waals surface area (Å²) >= 11 is 6.27. The number of rotatable bonds is 5. The number of carboxylic acid groups (broad SMARTS) is 1. The van der Waals surface area contributed by atoms with Crippen molar-refractivity contribution >= 4 is 23.5 Å². The van der Waals surface area contributed by atoms with Crippen molar-refractivity contribution in [3.63, 3.8) is 0 Å². The van der Waals surface area contributed by atoms with Crippen molar-refractivity contribution in [2.24, 2.45) is 0 Å². The Labute approximate surface area is 163 Å². The first-order chi connectivity index (χ1) is 13.0. The molecule has 2 aromatic rings. The predicted octanol–water partition coefficient (Wildman–Crippen LogP) is 3.96. The minimum Gasteiger partial charge on any atom is -0.478 e. The molecule has 0 aliphatic carbocycles. The van der Waals surface area contributed by atoms with E-state index in [1.807, 2.05) is 31.2 Å². The Bertz CT molecular complexity index is 838. The SMILES string of the molecule is CC1COC(c2ccccc2Cl)CN1C(=O)CCc1ccccc1C(=O)O. The summed E-state index contributed by atoms with van der Waals surface area (Å²) in [5.41, 5.74) is 1.79. The molecule has 0 saturated carbocycles. The van der Waals surface area contributed by atoms with Crippen LogP contribution in [0.1, 0.15) is 40.9 Å².